The van der Waals surface area contributed by atoms with E-state index in [9.17, 15) is 13.2 Å². The van der Waals surface area contributed by atoms with E-state index in [2.05, 4.69) is 10.0 Å². The summed E-state index contributed by atoms with van der Waals surface area (Å²) >= 11 is 0. The number of hydrogen-bond donors (Lipinski definition) is 3. The molecule has 0 saturated carbocycles. The summed E-state index contributed by atoms with van der Waals surface area (Å²) in [5, 5.41) is 2.61. The lowest BCUT2D eigenvalue weighted by atomic mass is 10.2. The third-order valence-electron chi connectivity index (χ3n) is 3.99. The van der Waals surface area contributed by atoms with Crippen molar-refractivity contribution in [3.05, 3.63) is 29.8 Å². The molecule has 0 unspecified atom stereocenters. The van der Waals surface area contributed by atoms with Crippen LogP contribution in [0.1, 0.15) is 10.4 Å². The SMILES string of the molecule is COc1cccc(C(=O)NCCS(=O)(=O)NCC[NH+]2CCOCC2)c1. The number of morpholine rings is 1. The number of methoxy groups -OCH3 is 1. The standard InChI is InChI=1S/C16H25N3O5S/c1-23-15-4-2-3-14(13-15)16(20)17-6-12-25(21,22)18-5-7-19-8-10-24-11-9-19/h2-4,13,18H,5-12H2,1H3,(H,17,20)/p+1. The molecular weight excluding hydrogens is 346 g/mol. The van der Waals surface area contributed by atoms with Crippen LogP contribution in [0.4, 0.5) is 0 Å². The van der Waals surface area contributed by atoms with Gasteiger partial charge in [-0.15, -0.1) is 0 Å². The second-order valence-corrected chi connectivity index (χ2v) is 7.74. The van der Waals surface area contributed by atoms with Crippen molar-refractivity contribution in [2.24, 2.45) is 0 Å². The van der Waals surface area contributed by atoms with Crippen LogP contribution >= 0.6 is 0 Å². The maximum atomic E-state index is 12.0. The lowest BCUT2D eigenvalue weighted by molar-refractivity contribution is -0.906. The van der Waals surface area contributed by atoms with Crippen LogP contribution < -0.4 is 19.7 Å². The molecule has 25 heavy (non-hydrogen) atoms. The minimum absolute atomic E-state index is 0.0514. The Bertz CT molecular complexity index is 659. The summed E-state index contributed by atoms with van der Waals surface area (Å²) in [5.74, 6) is 0.0978. The third-order valence-corrected chi connectivity index (χ3v) is 5.37. The fourth-order valence-corrected chi connectivity index (χ4v) is 3.46. The van der Waals surface area contributed by atoms with Gasteiger partial charge in [-0.25, -0.2) is 13.1 Å². The molecule has 0 radical (unpaired) electrons. The molecule has 9 heteroatoms. The molecule has 1 heterocycles. The van der Waals surface area contributed by atoms with Crippen molar-refractivity contribution in [3.63, 3.8) is 0 Å². The number of hydrogen-bond acceptors (Lipinski definition) is 5. The monoisotopic (exact) mass is 372 g/mol. The van der Waals surface area contributed by atoms with E-state index >= 15 is 0 Å². The predicted octanol–water partition coefficient (Wildman–Crippen LogP) is -1.74. The van der Waals surface area contributed by atoms with Crippen molar-refractivity contribution in [3.8, 4) is 5.75 Å². The van der Waals surface area contributed by atoms with Gasteiger partial charge in [0, 0.05) is 12.1 Å². The number of carbonyl (C=O) groups is 1. The van der Waals surface area contributed by atoms with E-state index in [1.165, 1.54) is 12.0 Å². The second kappa shape index (κ2) is 9.71. The average Bonchev–Trinajstić information content (AvgIpc) is 2.62. The van der Waals surface area contributed by atoms with Gasteiger partial charge in [-0.2, -0.15) is 0 Å². The van der Waals surface area contributed by atoms with Gasteiger partial charge in [0.15, 0.2) is 0 Å². The Morgan fingerprint density at radius 2 is 2.04 bits per heavy atom. The molecule has 1 aromatic carbocycles. The third kappa shape index (κ3) is 6.99. The summed E-state index contributed by atoms with van der Waals surface area (Å²) < 4.78 is 36.9. The summed E-state index contributed by atoms with van der Waals surface area (Å²) in [7, 11) is -1.89. The summed E-state index contributed by atoms with van der Waals surface area (Å²) in [6.45, 7) is 4.42. The van der Waals surface area contributed by atoms with Gasteiger partial charge in [0.1, 0.15) is 18.8 Å². The highest BCUT2D eigenvalue weighted by Gasteiger charge is 2.16. The molecule has 140 valence electrons. The predicted molar refractivity (Wildman–Crippen MR) is 93.5 cm³/mol. The number of carbonyl (C=O) groups excluding carboxylic acids is 1. The summed E-state index contributed by atoms with van der Waals surface area (Å²) in [6, 6.07) is 6.70. The van der Waals surface area contributed by atoms with E-state index in [1.54, 1.807) is 24.3 Å². The molecule has 0 bridgehead atoms. The second-order valence-electron chi connectivity index (χ2n) is 5.81. The summed E-state index contributed by atoms with van der Waals surface area (Å²) in [6.07, 6.45) is 0. The van der Waals surface area contributed by atoms with Crippen molar-refractivity contribution < 1.29 is 27.6 Å². The van der Waals surface area contributed by atoms with Crippen LogP contribution in [0.3, 0.4) is 0 Å². The molecule has 1 aromatic rings. The maximum Gasteiger partial charge on any atom is 0.251 e. The number of benzene rings is 1. The first-order valence-electron chi connectivity index (χ1n) is 8.31. The summed E-state index contributed by atoms with van der Waals surface area (Å²) in [5.41, 5.74) is 0.431. The normalized spacial score (nSPS) is 15.7. The smallest absolute Gasteiger partial charge is 0.251 e. The molecule has 1 aliphatic heterocycles. The Kier molecular flexibility index (Phi) is 7.63. The van der Waals surface area contributed by atoms with E-state index in [1.807, 2.05) is 0 Å². The van der Waals surface area contributed by atoms with Gasteiger partial charge in [-0.05, 0) is 18.2 Å². The Labute approximate surface area is 148 Å². The van der Waals surface area contributed by atoms with Crippen molar-refractivity contribution in [2.75, 3.05) is 58.8 Å². The number of nitrogens with one attached hydrogen (secondary N) is 3. The highest BCUT2D eigenvalue weighted by atomic mass is 32.2. The van der Waals surface area contributed by atoms with Crippen molar-refractivity contribution >= 4 is 15.9 Å². The highest BCUT2D eigenvalue weighted by Crippen LogP contribution is 2.12. The Morgan fingerprint density at radius 1 is 1.28 bits per heavy atom. The number of sulfonamides is 1. The van der Waals surface area contributed by atoms with Crippen molar-refractivity contribution in [1.82, 2.24) is 10.0 Å². The van der Waals surface area contributed by atoms with Gasteiger partial charge in [0.25, 0.3) is 5.91 Å². The van der Waals surface area contributed by atoms with Gasteiger partial charge in [-0.3, -0.25) is 4.79 Å². The van der Waals surface area contributed by atoms with Crippen LogP contribution in [0.15, 0.2) is 24.3 Å². The first kappa shape index (κ1) is 19.6. The van der Waals surface area contributed by atoms with Gasteiger partial charge in [0.2, 0.25) is 10.0 Å². The number of ether oxygens (including phenoxy) is 2. The molecule has 0 aromatic heterocycles. The van der Waals surface area contributed by atoms with Gasteiger partial charge >= 0.3 is 0 Å². The summed E-state index contributed by atoms with van der Waals surface area (Å²) in [4.78, 5) is 13.4. The fraction of sp³-hybridized carbons (Fsp3) is 0.562. The minimum atomic E-state index is -3.41. The molecule has 8 nitrogen and oxygen atoms in total. The molecule has 1 amide bonds. The molecule has 2 rings (SSSR count). The minimum Gasteiger partial charge on any atom is -0.497 e. The van der Waals surface area contributed by atoms with E-state index in [0.717, 1.165) is 32.8 Å². The van der Waals surface area contributed by atoms with E-state index < -0.39 is 10.0 Å². The largest absolute Gasteiger partial charge is 0.497 e. The molecule has 1 fully saturated rings. The van der Waals surface area contributed by atoms with Crippen LogP contribution in [0.2, 0.25) is 0 Å². The Morgan fingerprint density at radius 3 is 2.76 bits per heavy atom. The lowest BCUT2D eigenvalue weighted by Crippen LogP contribution is -3.14. The van der Waals surface area contributed by atoms with Crippen molar-refractivity contribution in [2.45, 2.75) is 0 Å². The Hall–Kier alpha value is -1.68. The lowest BCUT2D eigenvalue weighted by Gasteiger charge is -2.23. The van der Waals surface area contributed by atoms with Crippen LogP contribution in [-0.2, 0) is 14.8 Å². The first-order chi connectivity index (χ1) is 12.0. The quantitative estimate of drug-likeness (QED) is 0.478. The van der Waals surface area contributed by atoms with E-state index in [4.69, 9.17) is 9.47 Å². The number of rotatable bonds is 9. The Balaban J connectivity index is 1.69. The van der Waals surface area contributed by atoms with Crippen LogP contribution in [0.5, 0.6) is 5.75 Å². The van der Waals surface area contributed by atoms with Crippen molar-refractivity contribution in [1.29, 1.82) is 0 Å². The molecule has 1 aliphatic rings. The number of amides is 1. The topological polar surface area (TPSA) is 98.2 Å². The van der Waals surface area contributed by atoms with Gasteiger partial charge in [-0.1, -0.05) is 6.07 Å². The number of quaternary nitrogens is 1. The molecular formula is C16H26N3O5S+. The molecule has 0 spiro atoms. The van der Waals surface area contributed by atoms with Crippen LogP contribution in [0.25, 0.3) is 0 Å². The van der Waals surface area contributed by atoms with E-state index in [0.29, 0.717) is 17.9 Å². The first-order valence-corrected chi connectivity index (χ1v) is 9.96. The van der Waals surface area contributed by atoms with Crippen LogP contribution in [-0.4, -0.2) is 73.1 Å². The highest BCUT2D eigenvalue weighted by molar-refractivity contribution is 7.89. The molecule has 0 atom stereocenters. The zero-order valence-electron chi connectivity index (χ0n) is 14.4. The zero-order chi connectivity index (χ0) is 18.1. The maximum absolute atomic E-state index is 12.0. The van der Waals surface area contributed by atoms with Crippen LogP contribution in [0, 0.1) is 0 Å². The zero-order valence-corrected chi connectivity index (χ0v) is 15.2. The van der Waals surface area contributed by atoms with Gasteiger partial charge < -0.3 is 19.7 Å². The molecule has 1 saturated heterocycles. The van der Waals surface area contributed by atoms with Gasteiger partial charge in [0.05, 0.1) is 39.2 Å². The molecule has 3 N–H and O–H groups in total. The average molecular weight is 372 g/mol. The fourth-order valence-electron chi connectivity index (χ4n) is 2.53. The van der Waals surface area contributed by atoms with E-state index in [-0.39, 0.29) is 18.2 Å². The molecule has 0 aliphatic carbocycles.